The maximum Gasteiger partial charge on any atom is 0.248 e. The summed E-state index contributed by atoms with van der Waals surface area (Å²) in [5.74, 6) is -0.733. The second-order valence-corrected chi connectivity index (χ2v) is 5.37. The lowest BCUT2D eigenvalue weighted by Crippen LogP contribution is -2.37. The van der Waals surface area contributed by atoms with Gasteiger partial charge in [0.25, 0.3) is 0 Å². The van der Waals surface area contributed by atoms with Crippen LogP contribution in [0, 0.1) is 5.82 Å². The predicted octanol–water partition coefficient (Wildman–Crippen LogP) is 1.85. The third-order valence-corrected chi connectivity index (χ3v) is 4.23. The zero-order valence-corrected chi connectivity index (χ0v) is 11.7. The topological polar surface area (TPSA) is 45.5 Å². The first-order chi connectivity index (χ1) is 9.54. The molecule has 2 aromatic rings. The van der Waals surface area contributed by atoms with Gasteiger partial charge in [0.05, 0.1) is 10.5 Å². The first kappa shape index (κ1) is 13.4. The van der Waals surface area contributed by atoms with Gasteiger partial charge in [0.1, 0.15) is 6.61 Å². The predicted molar refractivity (Wildman–Crippen MR) is 74.1 cm³/mol. The number of amides is 1. The van der Waals surface area contributed by atoms with Crippen LogP contribution in [0.15, 0.2) is 12.1 Å². The van der Waals surface area contributed by atoms with Crippen molar-refractivity contribution in [2.24, 2.45) is 7.05 Å². The summed E-state index contributed by atoms with van der Waals surface area (Å²) in [5.41, 5.74) is 2.43. The maximum absolute atomic E-state index is 14.2. The van der Waals surface area contributed by atoms with E-state index in [0.717, 1.165) is 16.6 Å². The molecular weight excluding hydrogens is 283 g/mol. The molecule has 0 atom stereocenters. The number of hydrogen-bond acceptors (Lipinski definition) is 2. The lowest BCUT2D eigenvalue weighted by molar-refractivity contribution is -0.135. The van der Waals surface area contributed by atoms with E-state index in [9.17, 15) is 9.18 Å². The molecule has 0 radical (unpaired) electrons. The number of carbonyl (C=O) groups excluding carboxylic acids is 1. The van der Waals surface area contributed by atoms with Crippen LogP contribution in [0.2, 0.25) is 5.02 Å². The number of nitrogens with zero attached hydrogens (tertiary/aromatic N) is 2. The van der Waals surface area contributed by atoms with Crippen LogP contribution in [-0.2, 0) is 24.8 Å². The Labute approximate surface area is 120 Å². The Morgan fingerprint density at radius 2 is 2.25 bits per heavy atom. The minimum atomic E-state index is -0.500. The average molecular weight is 297 g/mol. The largest absolute Gasteiger partial charge is 0.387 e. The van der Waals surface area contributed by atoms with Gasteiger partial charge in [-0.2, -0.15) is 0 Å². The minimum absolute atomic E-state index is 0.0961. The third-order valence-electron chi connectivity index (χ3n) is 3.94. The van der Waals surface area contributed by atoms with E-state index in [-0.39, 0.29) is 10.9 Å². The molecule has 2 heterocycles. The molecule has 1 aliphatic heterocycles. The maximum atomic E-state index is 14.2. The molecule has 0 saturated carbocycles. The number of halogens is 2. The second kappa shape index (κ2) is 4.75. The standard InChI is InChI=1S/C14H14ClFN2O2/c1-17-11-4-5-18(12(20)7-19)6-9(11)8-2-3-10(15)13(16)14(8)17/h2-3,19H,4-7H2,1H3. The van der Waals surface area contributed by atoms with Crippen molar-refractivity contribution in [1.82, 2.24) is 9.47 Å². The Morgan fingerprint density at radius 3 is 2.95 bits per heavy atom. The van der Waals surface area contributed by atoms with Crippen molar-refractivity contribution in [2.75, 3.05) is 13.2 Å². The number of benzene rings is 1. The summed E-state index contributed by atoms with van der Waals surface area (Å²) in [5, 5.41) is 9.83. The van der Waals surface area contributed by atoms with E-state index in [1.165, 1.54) is 6.07 Å². The van der Waals surface area contributed by atoms with E-state index < -0.39 is 12.4 Å². The highest BCUT2D eigenvalue weighted by atomic mass is 35.5. The van der Waals surface area contributed by atoms with Gasteiger partial charge in [-0.25, -0.2) is 4.39 Å². The van der Waals surface area contributed by atoms with Crippen molar-refractivity contribution in [3.05, 3.63) is 34.2 Å². The van der Waals surface area contributed by atoms with Crippen LogP contribution in [0.1, 0.15) is 11.3 Å². The van der Waals surface area contributed by atoms with Gasteiger partial charge in [-0.05, 0) is 6.07 Å². The van der Waals surface area contributed by atoms with Gasteiger partial charge >= 0.3 is 0 Å². The number of rotatable bonds is 1. The van der Waals surface area contributed by atoms with Crippen LogP contribution in [0.4, 0.5) is 4.39 Å². The number of fused-ring (bicyclic) bond motifs is 3. The van der Waals surface area contributed by atoms with E-state index in [1.54, 1.807) is 11.0 Å². The van der Waals surface area contributed by atoms with Gasteiger partial charge in [-0.3, -0.25) is 4.79 Å². The Morgan fingerprint density at radius 1 is 1.50 bits per heavy atom. The summed E-state index contributed by atoms with van der Waals surface area (Å²) in [6.45, 7) is 0.430. The Hall–Kier alpha value is -1.59. The minimum Gasteiger partial charge on any atom is -0.387 e. The fourth-order valence-corrected chi connectivity index (χ4v) is 3.08. The summed E-state index contributed by atoms with van der Waals surface area (Å²) in [6, 6.07) is 3.32. The molecule has 0 spiro atoms. The molecule has 1 aromatic carbocycles. The highest BCUT2D eigenvalue weighted by Crippen LogP contribution is 2.34. The number of hydrogen-bond donors (Lipinski definition) is 1. The zero-order valence-electron chi connectivity index (χ0n) is 11.0. The van der Waals surface area contributed by atoms with E-state index in [4.69, 9.17) is 16.7 Å². The van der Waals surface area contributed by atoms with Crippen molar-refractivity contribution in [1.29, 1.82) is 0 Å². The Balaban J connectivity index is 2.17. The quantitative estimate of drug-likeness (QED) is 0.873. The molecule has 0 unspecified atom stereocenters. The van der Waals surface area contributed by atoms with Crippen molar-refractivity contribution in [3.8, 4) is 0 Å². The van der Waals surface area contributed by atoms with Gasteiger partial charge in [0.15, 0.2) is 5.82 Å². The normalized spacial score (nSPS) is 14.7. The van der Waals surface area contributed by atoms with Gasteiger partial charge in [-0.1, -0.05) is 17.7 Å². The lowest BCUT2D eigenvalue weighted by Gasteiger charge is -2.27. The van der Waals surface area contributed by atoms with Crippen LogP contribution in [0.5, 0.6) is 0 Å². The van der Waals surface area contributed by atoms with Crippen molar-refractivity contribution < 1.29 is 14.3 Å². The summed E-state index contributed by atoms with van der Waals surface area (Å²) >= 11 is 5.84. The summed E-state index contributed by atoms with van der Waals surface area (Å²) in [4.78, 5) is 13.2. The van der Waals surface area contributed by atoms with Crippen LogP contribution in [-0.4, -0.2) is 33.6 Å². The molecule has 1 amide bonds. The zero-order chi connectivity index (χ0) is 14.4. The lowest BCUT2D eigenvalue weighted by atomic mass is 10.0. The summed E-state index contributed by atoms with van der Waals surface area (Å²) in [6.07, 6.45) is 0.642. The highest BCUT2D eigenvalue weighted by molar-refractivity contribution is 6.31. The monoisotopic (exact) mass is 296 g/mol. The molecule has 1 aromatic heterocycles. The number of carbonyl (C=O) groups is 1. The molecule has 0 saturated heterocycles. The summed E-state index contributed by atoms with van der Waals surface area (Å²) in [7, 11) is 1.81. The summed E-state index contributed by atoms with van der Waals surface area (Å²) < 4.78 is 16.0. The Bertz CT molecular complexity index is 711. The van der Waals surface area contributed by atoms with Crippen molar-refractivity contribution >= 4 is 28.4 Å². The Kier molecular flexibility index (Phi) is 3.18. The van der Waals surface area contributed by atoms with E-state index in [2.05, 4.69) is 0 Å². The number of aromatic nitrogens is 1. The number of aliphatic hydroxyl groups excluding tert-OH is 1. The molecule has 0 aliphatic carbocycles. The van der Waals surface area contributed by atoms with Crippen LogP contribution >= 0.6 is 11.6 Å². The molecule has 0 bridgehead atoms. The molecule has 1 N–H and O–H groups in total. The smallest absolute Gasteiger partial charge is 0.248 e. The van der Waals surface area contributed by atoms with E-state index >= 15 is 0 Å². The molecule has 1 aliphatic rings. The van der Waals surface area contributed by atoms with Gasteiger partial charge in [0.2, 0.25) is 5.91 Å². The molecule has 0 fully saturated rings. The average Bonchev–Trinajstić information content (AvgIpc) is 2.75. The van der Waals surface area contributed by atoms with E-state index in [0.29, 0.717) is 25.0 Å². The SMILES string of the molecule is Cn1c2c(c3ccc(Cl)c(F)c31)CN(C(=O)CO)CC2. The molecule has 4 nitrogen and oxygen atoms in total. The van der Waals surface area contributed by atoms with Crippen molar-refractivity contribution in [3.63, 3.8) is 0 Å². The van der Waals surface area contributed by atoms with E-state index in [1.807, 2.05) is 11.6 Å². The van der Waals surface area contributed by atoms with Gasteiger partial charge < -0.3 is 14.6 Å². The fraction of sp³-hybridized carbons (Fsp3) is 0.357. The first-order valence-corrected chi connectivity index (χ1v) is 6.75. The molecule has 3 rings (SSSR count). The molecule has 20 heavy (non-hydrogen) atoms. The van der Waals surface area contributed by atoms with Crippen LogP contribution in [0.3, 0.4) is 0 Å². The third kappa shape index (κ3) is 1.81. The van der Waals surface area contributed by atoms with Crippen LogP contribution < -0.4 is 0 Å². The highest BCUT2D eigenvalue weighted by Gasteiger charge is 2.26. The van der Waals surface area contributed by atoms with Gasteiger partial charge in [0, 0.05) is 43.2 Å². The first-order valence-electron chi connectivity index (χ1n) is 6.37. The van der Waals surface area contributed by atoms with Gasteiger partial charge in [-0.15, -0.1) is 0 Å². The molecule has 6 heteroatoms. The number of aliphatic hydroxyl groups is 1. The van der Waals surface area contributed by atoms with Crippen LogP contribution in [0.25, 0.3) is 10.9 Å². The molecular formula is C14H14ClFN2O2. The number of aryl methyl sites for hydroxylation is 1. The van der Waals surface area contributed by atoms with Crippen molar-refractivity contribution in [2.45, 2.75) is 13.0 Å². The second-order valence-electron chi connectivity index (χ2n) is 4.97. The molecule has 106 valence electrons. The fourth-order valence-electron chi connectivity index (χ4n) is 2.92.